The van der Waals surface area contributed by atoms with Gasteiger partial charge >= 0.3 is 11.7 Å². The summed E-state index contributed by atoms with van der Waals surface area (Å²) in [7, 11) is 0. The maximum atomic E-state index is 12.2. The predicted molar refractivity (Wildman–Crippen MR) is 79.6 cm³/mol. The number of hydrogen-bond acceptors (Lipinski definition) is 4. The topological polar surface area (TPSA) is 75.4 Å². The molecule has 1 unspecified atom stereocenters. The van der Waals surface area contributed by atoms with Crippen molar-refractivity contribution >= 4 is 5.97 Å². The quantitative estimate of drug-likeness (QED) is 0.875. The Morgan fingerprint density at radius 2 is 2.14 bits per heavy atom. The van der Waals surface area contributed by atoms with Crippen LogP contribution < -0.4 is 5.69 Å². The summed E-state index contributed by atoms with van der Waals surface area (Å²) in [5, 5.41) is 9.02. The van der Waals surface area contributed by atoms with Crippen LogP contribution >= 0.6 is 0 Å². The normalized spacial score (nSPS) is 19.1. The number of hydrogen-bond donors (Lipinski definition) is 1. The molecule has 1 N–H and O–H groups in total. The van der Waals surface area contributed by atoms with Crippen LogP contribution in [0.1, 0.15) is 36.7 Å². The number of likely N-dealkylation sites (N-methyl/N-ethyl adjacent to an activating group) is 1. The summed E-state index contributed by atoms with van der Waals surface area (Å²) in [6, 6.07) is 0.341. The highest BCUT2D eigenvalue weighted by molar-refractivity contribution is 5.70. The molecule has 1 saturated heterocycles. The van der Waals surface area contributed by atoms with Crippen LogP contribution in [0.3, 0.4) is 0 Å². The van der Waals surface area contributed by atoms with Crippen LogP contribution in [-0.2, 0) is 17.8 Å². The number of aromatic nitrogens is 2. The molecular formula is C15H23N3O3. The van der Waals surface area contributed by atoms with Gasteiger partial charge in [-0.3, -0.25) is 14.3 Å². The SMILES string of the molecule is CCN1CCCC1Cn1c(C)c(CC(=O)O)c(C)nc1=O. The third kappa shape index (κ3) is 3.32. The van der Waals surface area contributed by atoms with Gasteiger partial charge in [-0.2, -0.15) is 4.98 Å². The largest absolute Gasteiger partial charge is 0.481 e. The molecule has 6 heteroatoms. The number of likely N-dealkylation sites (tertiary alicyclic amines) is 1. The minimum Gasteiger partial charge on any atom is -0.481 e. The Hall–Kier alpha value is -1.69. The molecule has 116 valence electrons. The van der Waals surface area contributed by atoms with Crippen LogP contribution in [0.2, 0.25) is 0 Å². The van der Waals surface area contributed by atoms with Crippen LogP contribution in [0, 0.1) is 13.8 Å². The van der Waals surface area contributed by atoms with Gasteiger partial charge in [0.1, 0.15) is 0 Å². The lowest BCUT2D eigenvalue weighted by atomic mass is 10.1. The Labute approximate surface area is 124 Å². The van der Waals surface area contributed by atoms with E-state index in [-0.39, 0.29) is 12.1 Å². The Morgan fingerprint density at radius 1 is 1.43 bits per heavy atom. The van der Waals surface area contributed by atoms with Gasteiger partial charge in [0, 0.05) is 29.5 Å². The van der Waals surface area contributed by atoms with Gasteiger partial charge in [-0.15, -0.1) is 0 Å². The van der Waals surface area contributed by atoms with E-state index >= 15 is 0 Å². The predicted octanol–water partition coefficient (Wildman–Crippen LogP) is 0.972. The first-order valence-corrected chi connectivity index (χ1v) is 7.46. The highest BCUT2D eigenvalue weighted by Gasteiger charge is 2.25. The van der Waals surface area contributed by atoms with Crippen LogP contribution in [0.25, 0.3) is 0 Å². The summed E-state index contributed by atoms with van der Waals surface area (Å²) in [6.07, 6.45) is 2.13. The number of carbonyl (C=O) groups is 1. The molecule has 0 aliphatic carbocycles. The summed E-state index contributed by atoms with van der Waals surface area (Å²) in [5.41, 5.74) is 1.64. The van der Waals surface area contributed by atoms with Crippen molar-refractivity contribution in [1.82, 2.24) is 14.5 Å². The van der Waals surface area contributed by atoms with Crippen molar-refractivity contribution in [1.29, 1.82) is 0 Å². The first-order chi connectivity index (χ1) is 9.93. The van der Waals surface area contributed by atoms with E-state index in [1.54, 1.807) is 11.5 Å². The zero-order valence-electron chi connectivity index (χ0n) is 12.9. The minimum atomic E-state index is -0.899. The number of aryl methyl sites for hydroxylation is 1. The second kappa shape index (κ2) is 6.39. The number of aliphatic carboxylic acids is 1. The highest BCUT2D eigenvalue weighted by atomic mass is 16.4. The van der Waals surface area contributed by atoms with Gasteiger partial charge in [-0.1, -0.05) is 6.92 Å². The molecule has 2 rings (SSSR count). The Bertz CT molecular complexity index is 595. The molecule has 1 fully saturated rings. The van der Waals surface area contributed by atoms with Crippen LogP contribution in [0.5, 0.6) is 0 Å². The van der Waals surface area contributed by atoms with E-state index in [0.717, 1.165) is 31.6 Å². The van der Waals surface area contributed by atoms with Gasteiger partial charge < -0.3 is 5.11 Å². The van der Waals surface area contributed by atoms with Gasteiger partial charge in [0.15, 0.2) is 0 Å². The number of rotatable bonds is 5. The van der Waals surface area contributed by atoms with Crippen LogP contribution in [0.4, 0.5) is 0 Å². The Kier molecular flexibility index (Phi) is 4.77. The molecule has 6 nitrogen and oxygen atoms in total. The lowest BCUT2D eigenvalue weighted by Crippen LogP contribution is -2.38. The Morgan fingerprint density at radius 3 is 2.76 bits per heavy atom. The van der Waals surface area contributed by atoms with E-state index in [9.17, 15) is 9.59 Å². The maximum absolute atomic E-state index is 12.2. The molecule has 0 aromatic carbocycles. The average molecular weight is 293 g/mol. The number of carboxylic acids is 1. The molecule has 0 spiro atoms. The molecule has 1 atom stereocenters. The van der Waals surface area contributed by atoms with E-state index in [4.69, 9.17) is 5.11 Å². The summed E-state index contributed by atoms with van der Waals surface area (Å²) < 4.78 is 1.64. The van der Waals surface area contributed by atoms with Gasteiger partial charge in [0.05, 0.1) is 6.42 Å². The van der Waals surface area contributed by atoms with Crippen molar-refractivity contribution in [2.75, 3.05) is 13.1 Å². The van der Waals surface area contributed by atoms with Gasteiger partial charge in [-0.05, 0) is 39.8 Å². The molecule has 0 radical (unpaired) electrons. The van der Waals surface area contributed by atoms with E-state index in [1.807, 2.05) is 6.92 Å². The molecule has 1 aromatic heterocycles. The van der Waals surface area contributed by atoms with Crippen molar-refractivity contribution in [3.63, 3.8) is 0 Å². The molecule has 1 aliphatic rings. The van der Waals surface area contributed by atoms with Crippen LogP contribution in [-0.4, -0.2) is 44.7 Å². The van der Waals surface area contributed by atoms with Crippen molar-refractivity contribution in [2.45, 2.75) is 52.6 Å². The molecule has 21 heavy (non-hydrogen) atoms. The maximum Gasteiger partial charge on any atom is 0.348 e. The average Bonchev–Trinajstić information content (AvgIpc) is 2.86. The summed E-state index contributed by atoms with van der Waals surface area (Å²) in [4.78, 5) is 29.5. The van der Waals surface area contributed by atoms with Crippen LogP contribution in [0.15, 0.2) is 4.79 Å². The number of carboxylic acid groups (broad SMARTS) is 1. The highest BCUT2D eigenvalue weighted by Crippen LogP contribution is 2.19. The molecular weight excluding hydrogens is 270 g/mol. The van der Waals surface area contributed by atoms with E-state index < -0.39 is 5.97 Å². The smallest absolute Gasteiger partial charge is 0.348 e. The fourth-order valence-corrected chi connectivity index (χ4v) is 3.19. The Balaban J connectivity index is 2.34. The third-order valence-electron chi connectivity index (χ3n) is 4.40. The molecule has 2 heterocycles. The molecule has 0 amide bonds. The fourth-order valence-electron chi connectivity index (χ4n) is 3.19. The minimum absolute atomic E-state index is 0.0902. The zero-order chi connectivity index (χ0) is 15.6. The summed E-state index contributed by atoms with van der Waals surface area (Å²) >= 11 is 0. The second-order valence-corrected chi connectivity index (χ2v) is 5.65. The summed E-state index contributed by atoms with van der Waals surface area (Å²) in [5.74, 6) is -0.899. The van der Waals surface area contributed by atoms with Gasteiger partial charge in [0.2, 0.25) is 0 Å². The second-order valence-electron chi connectivity index (χ2n) is 5.65. The standard InChI is InChI=1S/C15H23N3O3/c1-4-17-7-5-6-12(17)9-18-11(3)13(8-14(19)20)10(2)16-15(18)21/h12H,4-9H2,1-3H3,(H,19,20). The van der Waals surface area contributed by atoms with Gasteiger partial charge in [-0.25, -0.2) is 4.79 Å². The fraction of sp³-hybridized carbons (Fsp3) is 0.667. The molecule has 1 aliphatic heterocycles. The summed E-state index contributed by atoms with van der Waals surface area (Å²) in [6.45, 7) is 8.27. The monoisotopic (exact) mass is 293 g/mol. The van der Waals surface area contributed by atoms with Crippen molar-refractivity contribution in [2.24, 2.45) is 0 Å². The van der Waals surface area contributed by atoms with Gasteiger partial charge in [0.25, 0.3) is 0 Å². The van der Waals surface area contributed by atoms with Crippen molar-refractivity contribution < 1.29 is 9.90 Å². The first kappa shape index (κ1) is 15.7. The lowest BCUT2D eigenvalue weighted by Gasteiger charge is -2.25. The number of nitrogens with zero attached hydrogens (tertiary/aromatic N) is 3. The molecule has 1 aromatic rings. The lowest BCUT2D eigenvalue weighted by molar-refractivity contribution is -0.136. The zero-order valence-corrected chi connectivity index (χ0v) is 12.9. The van der Waals surface area contributed by atoms with E-state index in [1.165, 1.54) is 0 Å². The van der Waals surface area contributed by atoms with Crippen molar-refractivity contribution in [3.8, 4) is 0 Å². The first-order valence-electron chi connectivity index (χ1n) is 7.46. The van der Waals surface area contributed by atoms with E-state index in [2.05, 4.69) is 16.8 Å². The molecule has 0 bridgehead atoms. The molecule has 0 saturated carbocycles. The van der Waals surface area contributed by atoms with E-state index in [0.29, 0.717) is 23.8 Å². The third-order valence-corrected chi connectivity index (χ3v) is 4.40. The van der Waals surface area contributed by atoms with Crippen molar-refractivity contribution in [3.05, 3.63) is 27.4 Å².